The van der Waals surface area contributed by atoms with E-state index in [1.165, 1.54) is 24.3 Å². The van der Waals surface area contributed by atoms with Crippen LogP contribution in [0.1, 0.15) is 24.1 Å². The quantitative estimate of drug-likeness (QED) is 0.671. The van der Waals surface area contributed by atoms with Crippen molar-refractivity contribution >= 4 is 11.4 Å². The molecule has 0 heterocycles. The van der Waals surface area contributed by atoms with Crippen LogP contribution in [0.2, 0.25) is 0 Å². The van der Waals surface area contributed by atoms with Gasteiger partial charge in [0.15, 0.2) is 0 Å². The molecule has 1 atom stereocenters. The Morgan fingerprint density at radius 3 is 2.60 bits per heavy atom. The Balaban J connectivity index is 2.19. The predicted molar refractivity (Wildman–Crippen MR) is 76.3 cm³/mol. The van der Waals surface area contributed by atoms with Crippen LogP contribution < -0.4 is 5.32 Å². The van der Waals surface area contributed by atoms with Crippen molar-refractivity contribution in [3.05, 3.63) is 69.5 Å². The zero-order valence-corrected chi connectivity index (χ0v) is 11.3. The molecule has 20 heavy (non-hydrogen) atoms. The van der Waals surface area contributed by atoms with E-state index in [4.69, 9.17) is 0 Å². The number of benzene rings is 2. The molecule has 0 spiro atoms. The first-order valence-electron chi connectivity index (χ1n) is 6.24. The number of nitrogens with zero attached hydrogens (tertiary/aromatic N) is 1. The van der Waals surface area contributed by atoms with E-state index in [-0.39, 0.29) is 17.5 Å². The third kappa shape index (κ3) is 3.12. The molecule has 0 aliphatic rings. The zero-order chi connectivity index (χ0) is 14.7. The van der Waals surface area contributed by atoms with Crippen molar-refractivity contribution in [2.75, 3.05) is 5.32 Å². The van der Waals surface area contributed by atoms with Gasteiger partial charge in [-0.05, 0) is 43.2 Å². The predicted octanol–water partition coefficient (Wildman–Crippen LogP) is 4.22. The minimum Gasteiger partial charge on any atom is -0.378 e. The first-order chi connectivity index (χ1) is 9.47. The molecule has 0 fully saturated rings. The summed E-state index contributed by atoms with van der Waals surface area (Å²) in [5, 5.41) is 13.9. The van der Waals surface area contributed by atoms with Gasteiger partial charge in [0.05, 0.1) is 4.92 Å². The SMILES string of the molecule is Cc1cc([N+](=O)[O-])ccc1NC(C)c1cccc(F)c1. The minimum absolute atomic E-state index is 0.0615. The summed E-state index contributed by atoms with van der Waals surface area (Å²) in [6.07, 6.45) is 0. The average molecular weight is 274 g/mol. The third-order valence-electron chi connectivity index (χ3n) is 3.14. The Hall–Kier alpha value is -2.43. The number of hydrogen-bond donors (Lipinski definition) is 1. The van der Waals surface area contributed by atoms with Crippen LogP contribution in [-0.4, -0.2) is 4.92 Å². The Morgan fingerprint density at radius 2 is 2.00 bits per heavy atom. The number of nitro groups is 1. The maximum absolute atomic E-state index is 13.2. The average Bonchev–Trinajstić information content (AvgIpc) is 2.40. The van der Waals surface area contributed by atoms with E-state index >= 15 is 0 Å². The number of aryl methyl sites for hydroxylation is 1. The molecule has 104 valence electrons. The van der Waals surface area contributed by atoms with Crippen molar-refractivity contribution in [1.82, 2.24) is 0 Å². The van der Waals surface area contributed by atoms with E-state index in [0.717, 1.165) is 16.8 Å². The Kier molecular flexibility index (Phi) is 3.98. The second-order valence-electron chi connectivity index (χ2n) is 4.68. The molecule has 1 unspecified atom stereocenters. The van der Waals surface area contributed by atoms with Crippen LogP contribution >= 0.6 is 0 Å². The lowest BCUT2D eigenvalue weighted by Crippen LogP contribution is -2.08. The largest absolute Gasteiger partial charge is 0.378 e. The van der Waals surface area contributed by atoms with Gasteiger partial charge in [-0.3, -0.25) is 10.1 Å². The lowest BCUT2D eigenvalue weighted by atomic mass is 10.1. The minimum atomic E-state index is -0.424. The van der Waals surface area contributed by atoms with Crippen molar-refractivity contribution in [1.29, 1.82) is 0 Å². The molecule has 0 saturated carbocycles. The van der Waals surface area contributed by atoms with Gasteiger partial charge in [0.25, 0.3) is 5.69 Å². The molecule has 2 aromatic rings. The van der Waals surface area contributed by atoms with Crippen molar-refractivity contribution in [2.24, 2.45) is 0 Å². The molecule has 0 aliphatic heterocycles. The van der Waals surface area contributed by atoms with Crippen molar-refractivity contribution in [3.8, 4) is 0 Å². The highest BCUT2D eigenvalue weighted by molar-refractivity contribution is 5.56. The van der Waals surface area contributed by atoms with E-state index in [0.29, 0.717) is 0 Å². The van der Waals surface area contributed by atoms with Crippen LogP contribution in [0.15, 0.2) is 42.5 Å². The van der Waals surface area contributed by atoms with Gasteiger partial charge < -0.3 is 5.32 Å². The molecule has 1 N–H and O–H groups in total. The molecule has 0 radical (unpaired) electrons. The summed E-state index contributed by atoms with van der Waals surface area (Å²) in [4.78, 5) is 10.3. The van der Waals surface area contributed by atoms with Gasteiger partial charge in [0.2, 0.25) is 0 Å². The maximum atomic E-state index is 13.2. The highest BCUT2D eigenvalue weighted by Gasteiger charge is 2.11. The van der Waals surface area contributed by atoms with Gasteiger partial charge in [-0.15, -0.1) is 0 Å². The fourth-order valence-corrected chi connectivity index (χ4v) is 2.02. The molecule has 0 saturated heterocycles. The van der Waals surface area contributed by atoms with Crippen molar-refractivity contribution in [3.63, 3.8) is 0 Å². The normalized spacial score (nSPS) is 11.9. The monoisotopic (exact) mass is 274 g/mol. The summed E-state index contributed by atoms with van der Waals surface area (Å²) in [7, 11) is 0. The smallest absolute Gasteiger partial charge is 0.269 e. The molecule has 2 aromatic carbocycles. The summed E-state index contributed by atoms with van der Waals surface area (Å²) in [5.74, 6) is -0.281. The topological polar surface area (TPSA) is 55.2 Å². The number of nitro benzene ring substituents is 1. The van der Waals surface area contributed by atoms with E-state index in [1.54, 1.807) is 19.1 Å². The number of nitrogens with one attached hydrogen (secondary N) is 1. The van der Waals surface area contributed by atoms with Gasteiger partial charge in [-0.1, -0.05) is 12.1 Å². The summed E-state index contributed by atoms with van der Waals surface area (Å²) in [5.41, 5.74) is 2.46. The van der Waals surface area contributed by atoms with E-state index in [9.17, 15) is 14.5 Å². The van der Waals surface area contributed by atoms with E-state index in [2.05, 4.69) is 5.32 Å². The Labute approximate surface area is 116 Å². The molecule has 0 aromatic heterocycles. The van der Waals surface area contributed by atoms with E-state index < -0.39 is 4.92 Å². The molecular weight excluding hydrogens is 259 g/mol. The molecule has 2 rings (SSSR count). The van der Waals surface area contributed by atoms with Crippen LogP contribution in [0.3, 0.4) is 0 Å². The van der Waals surface area contributed by atoms with Crippen LogP contribution in [0.5, 0.6) is 0 Å². The summed E-state index contributed by atoms with van der Waals surface area (Å²) >= 11 is 0. The highest BCUT2D eigenvalue weighted by atomic mass is 19.1. The van der Waals surface area contributed by atoms with Crippen molar-refractivity contribution < 1.29 is 9.31 Å². The standard InChI is InChI=1S/C15H15FN2O2/c1-10-8-14(18(19)20)6-7-15(10)17-11(2)12-4-3-5-13(16)9-12/h3-9,11,17H,1-2H3. The Morgan fingerprint density at radius 1 is 1.25 bits per heavy atom. The fourth-order valence-electron chi connectivity index (χ4n) is 2.02. The molecule has 0 bridgehead atoms. The van der Waals surface area contributed by atoms with Crippen LogP contribution in [0, 0.1) is 22.9 Å². The molecule has 5 heteroatoms. The summed E-state index contributed by atoms with van der Waals surface area (Å²) < 4.78 is 13.2. The number of halogens is 1. The number of non-ortho nitro benzene ring substituents is 1. The third-order valence-corrected chi connectivity index (χ3v) is 3.14. The number of rotatable bonds is 4. The zero-order valence-electron chi connectivity index (χ0n) is 11.3. The molecular formula is C15H15FN2O2. The first-order valence-corrected chi connectivity index (χ1v) is 6.24. The second kappa shape index (κ2) is 5.69. The lowest BCUT2D eigenvalue weighted by Gasteiger charge is -2.17. The van der Waals surface area contributed by atoms with Gasteiger partial charge >= 0.3 is 0 Å². The molecule has 0 aliphatic carbocycles. The fraction of sp³-hybridized carbons (Fsp3) is 0.200. The van der Waals surface area contributed by atoms with Crippen molar-refractivity contribution in [2.45, 2.75) is 19.9 Å². The molecule has 0 amide bonds. The van der Waals surface area contributed by atoms with Crippen LogP contribution in [-0.2, 0) is 0 Å². The van der Waals surface area contributed by atoms with Crippen LogP contribution in [0.4, 0.5) is 15.8 Å². The van der Waals surface area contributed by atoms with Gasteiger partial charge in [-0.2, -0.15) is 0 Å². The van der Waals surface area contributed by atoms with Crippen LogP contribution in [0.25, 0.3) is 0 Å². The lowest BCUT2D eigenvalue weighted by molar-refractivity contribution is -0.384. The van der Waals surface area contributed by atoms with Gasteiger partial charge in [-0.25, -0.2) is 4.39 Å². The maximum Gasteiger partial charge on any atom is 0.269 e. The second-order valence-corrected chi connectivity index (χ2v) is 4.68. The van der Waals surface area contributed by atoms with Gasteiger partial charge in [0.1, 0.15) is 5.82 Å². The summed E-state index contributed by atoms with van der Waals surface area (Å²) in [6.45, 7) is 3.71. The van der Waals surface area contributed by atoms with E-state index in [1.807, 2.05) is 13.0 Å². The number of hydrogen-bond acceptors (Lipinski definition) is 3. The highest BCUT2D eigenvalue weighted by Crippen LogP contribution is 2.25. The Bertz CT molecular complexity index is 644. The van der Waals surface area contributed by atoms with Gasteiger partial charge in [0, 0.05) is 23.9 Å². The molecule has 4 nitrogen and oxygen atoms in total. The summed E-state index contributed by atoms with van der Waals surface area (Å²) in [6, 6.07) is 10.9. The first kappa shape index (κ1) is 14.0. The number of anilines is 1.